The lowest BCUT2D eigenvalue weighted by Crippen LogP contribution is -2.16. The zero-order chi connectivity index (χ0) is 15.9. The molecule has 0 fully saturated rings. The Morgan fingerprint density at radius 2 is 1.95 bits per heavy atom. The Morgan fingerprint density at radius 1 is 1.23 bits per heavy atom. The molecular formula is C17H22N2O2S. The van der Waals surface area contributed by atoms with Gasteiger partial charge in [0.25, 0.3) is 5.91 Å². The maximum Gasteiger partial charge on any atom is 0.258 e. The van der Waals surface area contributed by atoms with Crippen LogP contribution in [0.15, 0.2) is 36.4 Å². The third-order valence-electron chi connectivity index (χ3n) is 3.19. The molecule has 22 heavy (non-hydrogen) atoms. The van der Waals surface area contributed by atoms with E-state index in [4.69, 9.17) is 10.5 Å². The number of primary amides is 1. The summed E-state index contributed by atoms with van der Waals surface area (Å²) < 4.78 is 5.71. The summed E-state index contributed by atoms with van der Waals surface area (Å²) in [6.07, 6.45) is 1.18. The molecule has 4 nitrogen and oxygen atoms in total. The van der Waals surface area contributed by atoms with Gasteiger partial charge in [-0.1, -0.05) is 37.3 Å². The van der Waals surface area contributed by atoms with E-state index < -0.39 is 5.91 Å². The molecule has 0 saturated heterocycles. The number of benzene rings is 1. The number of carbonyl (C=O) groups is 1. The highest BCUT2D eigenvalue weighted by Gasteiger charge is 2.06. The molecule has 1 aromatic heterocycles. The minimum Gasteiger partial charge on any atom is -0.447 e. The van der Waals surface area contributed by atoms with Crippen LogP contribution in [0.4, 0.5) is 0 Å². The Morgan fingerprint density at radius 3 is 2.55 bits per heavy atom. The van der Waals surface area contributed by atoms with E-state index in [1.165, 1.54) is 23.3 Å². The summed E-state index contributed by atoms with van der Waals surface area (Å²) in [5.41, 5.74) is 6.45. The van der Waals surface area contributed by atoms with Crippen LogP contribution in [-0.2, 0) is 6.54 Å². The van der Waals surface area contributed by atoms with Crippen LogP contribution in [0.25, 0.3) is 0 Å². The van der Waals surface area contributed by atoms with Gasteiger partial charge in [0, 0.05) is 6.54 Å². The first kappa shape index (κ1) is 16.5. The highest BCUT2D eigenvalue weighted by atomic mass is 32.1. The molecule has 0 aliphatic carbocycles. The smallest absolute Gasteiger partial charge is 0.258 e. The monoisotopic (exact) mass is 318 g/mol. The number of nitrogens with one attached hydrogen (secondary N) is 1. The van der Waals surface area contributed by atoms with Gasteiger partial charge in [0.2, 0.25) is 0 Å². The Bertz CT molecular complexity index is 605. The molecule has 0 aliphatic rings. The van der Waals surface area contributed by atoms with Crippen LogP contribution in [0, 0.1) is 5.92 Å². The Kier molecular flexibility index (Phi) is 5.98. The number of hydrogen-bond acceptors (Lipinski definition) is 4. The molecule has 0 bridgehead atoms. The summed E-state index contributed by atoms with van der Waals surface area (Å²) in [4.78, 5) is 11.5. The van der Waals surface area contributed by atoms with Gasteiger partial charge in [-0.3, -0.25) is 4.79 Å². The largest absolute Gasteiger partial charge is 0.447 e. The average Bonchev–Trinajstić information content (AvgIpc) is 2.94. The van der Waals surface area contributed by atoms with Crippen LogP contribution in [0.1, 0.15) is 35.5 Å². The van der Waals surface area contributed by atoms with Crippen LogP contribution in [-0.4, -0.2) is 12.5 Å². The molecule has 5 heteroatoms. The van der Waals surface area contributed by atoms with E-state index in [1.807, 2.05) is 24.3 Å². The molecule has 0 unspecified atom stereocenters. The Balaban J connectivity index is 1.84. The molecule has 0 radical (unpaired) electrons. The number of ether oxygens (including phenoxy) is 1. The van der Waals surface area contributed by atoms with E-state index in [9.17, 15) is 4.79 Å². The van der Waals surface area contributed by atoms with Gasteiger partial charge in [0.05, 0.1) is 4.88 Å². The van der Waals surface area contributed by atoms with Gasteiger partial charge in [-0.15, -0.1) is 0 Å². The fraction of sp³-hybridized carbons (Fsp3) is 0.353. The van der Waals surface area contributed by atoms with Crippen molar-refractivity contribution in [3.8, 4) is 10.8 Å². The standard InChI is InChI=1S/C17H22N2O2S/c1-12(2)9-10-19-11-13-3-5-14(6-4-13)21-16-8-7-15(22-16)17(18)20/h3-8,12,19H,9-11H2,1-2H3,(H2,18,20). The lowest BCUT2D eigenvalue weighted by atomic mass is 10.1. The number of thiophene rings is 1. The van der Waals surface area contributed by atoms with Crippen LogP contribution in [0.2, 0.25) is 0 Å². The summed E-state index contributed by atoms with van der Waals surface area (Å²) in [6.45, 7) is 6.34. The number of rotatable bonds is 8. The molecule has 1 amide bonds. The van der Waals surface area contributed by atoms with E-state index in [0.717, 1.165) is 24.8 Å². The molecule has 1 heterocycles. The fourth-order valence-corrected chi connectivity index (χ4v) is 2.65. The number of nitrogens with two attached hydrogens (primary N) is 1. The third kappa shape index (κ3) is 5.16. The van der Waals surface area contributed by atoms with E-state index >= 15 is 0 Å². The van der Waals surface area contributed by atoms with Crippen molar-refractivity contribution in [3.05, 3.63) is 46.8 Å². The molecule has 0 saturated carbocycles. The normalized spacial score (nSPS) is 10.9. The van der Waals surface area contributed by atoms with Gasteiger partial charge in [-0.05, 0) is 48.7 Å². The second-order valence-corrected chi connectivity index (χ2v) is 6.63. The van der Waals surface area contributed by atoms with Gasteiger partial charge >= 0.3 is 0 Å². The molecule has 0 atom stereocenters. The Labute approximate surface area is 135 Å². The molecule has 3 N–H and O–H groups in total. The van der Waals surface area contributed by atoms with Gasteiger partial charge < -0.3 is 15.8 Å². The zero-order valence-electron chi connectivity index (χ0n) is 13.0. The van der Waals surface area contributed by atoms with Crippen LogP contribution < -0.4 is 15.8 Å². The molecular weight excluding hydrogens is 296 g/mol. The minimum atomic E-state index is -0.428. The SMILES string of the molecule is CC(C)CCNCc1ccc(Oc2ccc(C(N)=O)s2)cc1. The summed E-state index contributed by atoms with van der Waals surface area (Å²) in [6, 6.07) is 11.4. The number of hydrogen-bond donors (Lipinski definition) is 2. The highest BCUT2D eigenvalue weighted by molar-refractivity contribution is 7.15. The topological polar surface area (TPSA) is 64.3 Å². The van der Waals surface area contributed by atoms with Gasteiger partial charge in [-0.25, -0.2) is 0 Å². The van der Waals surface area contributed by atoms with Crippen molar-refractivity contribution in [1.29, 1.82) is 0 Å². The van der Waals surface area contributed by atoms with Gasteiger partial charge in [-0.2, -0.15) is 0 Å². The fourth-order valence-electron chi connectivity index (χ4n) is 1.92. The summed E-state index contributed by atoms with van der Waals surface area (Å²) >= 11 is 1.25. The quantitative estimate of drug-likeness (QED) is 0.728. The second-order valence-electron chi connectivity index (χ2n) is 5.59. The predicted molar refractivity (Wildman–Crippen MR) is 90.5 cm³/mol. The third-order valence-corrected chi connectivity index (χ3v) is 4.17. The molecule has 0 aliphatic heterocycles. The number of carbonyl (C=O) groups excluding carboxylic acids is 1. The first-order valence-corrected chi connectivity index (χ1v) is 8.23. The van der Waals surface area contributed by atoms with E-state index in [1.54, 1.807) is 12.1 Å². The van der Waals surface area contributed by atoms with Crippen molar-refractivity contribution >= 4 is 17.2 Å². The lowest BCUT2D eigenvalue weighted by molar-refractivity contribution is 0.100. The van der Waals surface area contributed by atoms with Crippen molar-refractivity contribution in [3.63, 3.8) is 0 Å². The lowest BCUT2D eigenvalue weighted by Gasteiger charge is -2.08. The summed E-state index contributed by atoms with van der Waals surface area (Å²) in [5.74, 6) is 1.05. The van der Waals surface area contributed by atoms with Crippen LogP contribution >= 0.6 is 11.3 Å². The molecule has 2 rings (SSSR count). The molecule has 118 valence electrons. The van der Waals surface area contributed by atoms with Gasteiger partial charge in [0.1, 0.15) is 5.75 Å². The predicted octanol–water partition coefficient (Wildman–Crippen LogP) is 3.78. The van der Waals surface area contributed by atoms with E-state index in [0.29, 0.717) is 9.94 Å². The van der Waals surface area contributed by atoms with Crippen molar-refractivity contribution in [2.75, 3.05) is 6.54 Å². The minimum absolute atomic E-state index is 0.428. The average molecular weight is 318 g/mol. The Hall–Kier alpha value is -1.85. The van der Waals surface area contributed by atoms with E-state index in [-0.39, 0.29) is 0 Å². The van der Waals surface area contributed by atoms with Crippen LogP contribution in [0.5, 0.6) is 10.8 Å². The van der Waals surface area contributed by atoms with E-state index in [2.05, 4.69) is 19.2 Å². The van der Waals surface area contributed by atoms with Crippen molar-refractivity contribution in [1.82, 2.24) is 5.32 Å². The number of amides is 1. The highest BCUT2D eigenvalue weighted by Crippen LogP contribution is 2.29. The molecule has 0 spiro atoms. The first-order valence-electron chi connectivity index (χ1n) is 7.41. The molecule has 2 aromatic rings. The maximum atomic E-state index is 11.0. The summed E-state index contributed by atoms with van der Waals surface area (Å²) in [5, 5.41) is 4.09. The maximum absolute atomic E-state index is 11.0. The van der Waals surface area contributed by atoms with Gasteiger partial charge in [0.15, 0.2) is 5.06 Å². The summed E-state index contributed by atoms with van der Waals surface area (Å²) in [7, 11) is 0. The molecule has 1 aromatic carbocycles. The van der Waals surface area contributed by atoms with Crippen molar-refractivity contribution < 1.29 is 9.53 Å². The van der Waals surface area contributed by atoms with Crippen molar-refractivity contribution in [2.24, 2.45) is 11.7 Å². The van der Waals surface area contributed by atoms with Crippen LogP contribution in [0.3, 0.4) is 0 Å². The van der Waals surface area contributed by atoms with Crippen molar-refractivity contribution in [2.45, 2.75) is 26.8 Å². The zero-order valence-corrected chi connectivity index (χ0v) is 13.8. The second kappa shape index (κ2) is 7.96. The first-order chi connectivity index (χ1) is 10.5.